The third-order valence-corrected chi connectivity index (χ3v) is 4.97. The standard InChI is InChI=1S/C15H21NO6S/c17-15(18)12-4-6-14(7-5-12)23(19,20)16-8-2-9-21-11-13-3-1-10-22-13/h4-7,13,16H,1-3,8-11H2,(H,17,18)/t13-/m0/s1. The van der Waals surface area contributed by atoms with Crippen molar-refractivity contribution in [2.45, 2.75) is 30.3 Å². The Morgan fingerprint density at radius 2 is 2.09 bits per heavy atom. The third kappa shape index (κ3) is 5.58. The number of nitrogens with one attached hydrogen (secondary N) is 1. The first-order valence-electron chi connectivity index (χ1n) is 7.51. The number of aromatic carboxylic acids is 1. The first kappa shape index (κ1) is 17.9. The van der Waals surface area contributed by atoms with Crippen LogP contribution in [0.1, 0.15) is 29.6 Å². The highest BCUT2D eigenvalue weighted by molar-refractivity contribution is 7.89. The van der Waals surface area contributed by atoms with E-state index in [1.807, 2.05) is 0 Å². The van der Waals surface area contributed by atoms with Gasteiger partial charge < -0.3 is 14.6 Å². The molecule has 1 aromatic carbocycles. The number of rotatable bonds is 9. The van der Waals surface area contributed by atoms with Crippen molar-refractivity contribution in [2.24, 2.45) is 0 Å². The lowest BCUT2D eigenvalue weighted by Crippen LogP contribution is -2.26. The highest BCUT2D eigenvalue weighted by Gasteiger charge is 2.16. The molecular weight excluding hydrogens is 322 g/mol. The number of carboxylic acids is 1. The summed E-state index contributed by atoms with van der Waals surface area (Å²) in [4.78, 5) is 10.8. The van der Waals surface area contributed by atoms with Gasteiger partial charge in [-0.15, -0.1) is 0 Å². The van der Waals surface area contributed by atoms with Gasteiger partial charge >= 0.3 is 5.97 Å². The van der Waals surface area contributed by atoms with E-state index in [9.17, 15) is 13.2 Å². The van der Waals surface area contributed by atoms with E-state index in [-0.39, 0.29) is 23.1 Å². The number of benzene rings is 1. The number of ether oxygens (including phenoxy) is 2. The predicted octanol–water partition coefficient (Wildman–Crippen LogP) is 1.25. The Bertz CT molecular complexity index is 607. The van der Waals surface area contributed by atoms with Crippen molar-refractivity contribution in [2.75, 3.05) is 26.4 Å². The smallest absolute Gasteiger partial charge is 0.335 e. The van der Waals surface area contributed by atoms with Crippen molar-refractivity contribution in [1.29, 1.82) is 0 Å². The molecule has 7 nitrogen and oxygen atoms in total. The van der Waals surface area contributed by atoms with E-state index in [1.165, 1.54) is 24.3 Å². The number of hydrogen-bond donors (Lipinski definition) is 2. The number of carboxylic acid groups (broad SMARTS) is 1. The molecule has 1 aliphatic rings. The van der Waals surface area contributed by atoms with Gasteiger partial charge in [-0.1, -0.05) is 0 Å². The van der Waals surface area contributed by atoms with Gasteiger partial charge in [0.25, 0.3) is 0 Å². The molecule has 2 N–H and O–H groups in total. The summed E-state index contributed by atoms with van der Waals surface area (Å²) in [5.74, 6) is -1.09. The minimum absolute atomic E-state index is 0.0442. The van der Waals surface area contributed by atoms with Crippen molar-refractivity contribution < 1.29 is 27.8 Å². The molecule has 1 heterocycles. The quantitative estimate of drug-likeness (QED) is 0.654. The van der Waals surface area contributed by atoms with Crippen LogP contribution in [-0.4, -0.2) is 52.0 Å². The van der Waals surface area contributed by atoms with E-state index in [0.29, 0.717) is 19.6 Å². The maximum absolute atomic E-state index is 12.0. The zero-order valence-electron chi connectivity index (χ0n) is 12.7. The zero-order valence-corrected chi connectivity index (χ0v) is 13.5. The summed E-state index contributed by atoms with van der Waals surface area (Å²) in [6, 6.07) is 5.09. The van der Waals surface area contributed by atoms with Crippen LogP contribution in [0.2, 0.25) is 0 Å². The molecule has 128 valence electrons. The Labute approximate surface area is 135 Å². The fourth-order valence-electron chi connectivity index (χ4n) is 2.23. The van der Waals surface area contributed by atoms with Crippen LogP contribution in [0.4, 0.5) is 0 Å². The van der Waals surface area contributed by atoms with Crippen molar-refractivity contribution in [3.8, 4) is 0 Å². The van der Waals surface area contributed by atoms with E-state index in [0.717, 1.165) is 19.4 Å². The van der Waals surface area contributed by atoms with Crippen LogP contribution in [-0.2, 0) is 19.5 Å². The SMILES string of the molecule is O=C(O)c1ccc(S(=O)(=O)NCCCOC[C@@H]2CCCO2)cc1. The van der Waals surface area contributed by atoms with Gasteiger partial charge in [-0.25, -0.2) is 17.9 Å². The molecule has 0 spiro atoms. The monoisotopic (exact) mass is 343 g/mol. The second kappa shape index (κ2) is 8.39. The lowest BCUT2D eigenvalue weighted by Gasteiger charge is -2.10. The molecule has 23 heavy (non-hydrogen) atoms. The molecule has 8 heteroatoms. The molecular formula is C15H21NO6S. The first-order chi connectivity index (χ1) is 11.0. The summed E-state index contributed by atoms with van der Waals surface area (Å²) in [6.45, 7) is 2.05. The molecule has 0 bridgehead atoms. The summed E-state index contributed by atoms with van der Waals surface area (Å²) in [6.07, 6.45) is 2.80. The average molecular weight is 343 g/mol. The Morgan fingerprint density at radius 3 is 2.70 bits per heavy atom. The van der Waals surface area contributed by atoms with Crippen molar-refractivity contribution in [3.63, 3.8) is 0 Å². The topological polar surface area (TPSA) is 102 Å². The maximum atomic E-state index is 12.0. The van der Waals surface area contributed by atoms with E-state index in [4.69, 9.17) is 14.6 Å². The Kier molecular flexibility index (Phi) is 6.52. The molecule has 2 rings (SSSR count). The first-order valence-corrected chi connectivity index (χ1v) is 9.00. The number of hydrogen-bond acceptors (Lipinski definition) is 5. The molecule has 1 aliphatic heterocycles. The number of carbonyl (C=O) groups is 1. The van der Waals surface area contributed by atoms with E-state index in [1.54, 1.807) is 0 Å². The molecule has 0 aliphatic carbocycles. The highest BCUT2D eigenvalue weighted by atomic mass is 32.2. The van der Waals surface area contributed by atoms with Gasteiger partial charge in [0, 0.05) is 19.8 Å². The van der Waals surface area contributed by atoms with E-state index in [2.05, 4.69) is 4.72 Å². The molecule has 1 atom stereocenters. The van der Waals surface area contributed by atoms with Crippen LogP contribution in [0.15, 0.2) is 29.2 Å². The second-order valence-corrected chi connectivity index (χ2v) is 7.06. The normalized spacial score (nSPS) is 18.2. The summed E-state index contributed by atoms with van der Waals surface area (Å²) >= 11 is 0. The molecule has 1 fully saturated rings. The third-order valence-electron chi connectivity index (χ3n) is 3.50. The molecule has 0 amide bonds. The van der Waals surface area contributed by atoms with Crippen molar-refractivity contribution in [1.82, 2.24) is 4.72 Å². The zero-order chi connectivity index (χ0) is 16.7. The van der Waals surface area contributed by atoms with Gasteiger partial charge in [0.2, 0.25) is 10.0 Å². The molecule has 1 saturated heterocycles. The van der Waals surface area contributed by atoms with Gasteiger partial charge in [0.1, 0.15) is 0 Å². The summed E-state index contributed by atoms with van der Waals surface area (Å²) in [5.41, 5.74) is 0.0477. The molecule has 1 aromatic rings. The van der Waals surface area contributed by atoms with Crippen LogP contribution in [0.25, 0.3) is 0 Å². The lowest BCUT2D eigenvalue weighted by atomic mass is 10.2. The fourth-order valence-corrected chi connectivity index (χ4v) is 3.31. The molecule has 0 aromatic heterocycles. The van der Waals surface area contributed by atoms with Crippen LogP contribution >= 0.6 is 0 Å². The molecule has 0 saturated carbocycles. The Hall–Kier alpha value is -1.48. The summed E-state index contributed by atoms with van der Waals surface area (Å²) in [7, 11) is -3.63. The van der Waals surface area contributed by atoms with Crippen LogP contribution < -0.4 is 4.72 Å². The van der Waals surface area contributed by atoms with E-state index < -0.39 is 16.0 Å². The molecule has 0 radical (unpaired) electrons. The van der Waals surface area contributed by atoms with Gasteiger partial charge in [-0.3, -0.25) is 0 Å². The minimum atomic E-state index is -3.63. The summed E-state index contributed by atoms with van der Waals surface area (Å²) < 4.78 is 37.4. The van der Waals surface area contributed by atoms with Crippen molar-refractivity contribution in [3.05, 3.63) is 29.8 Å². The average Bonchev–Trinajstić information content (AvgIpc) is 3.04. The van der Waals surface area contributed by atoms with Gasteiger partial charge in [0.15, 0.2) is 0 Å². The minimum Gasteiger partial charge on any atom is -0.478 e. The van der Waals surface area contributed by atoms with Gasteiger partial charge in [0.05, 0.1) is 23.2 Å². The largest absolute Gasteiger partial charge is 0.478 e. The highest BCUT2D eigenvalue weighted by Crippen LogP contribution is 2.12. The van der Waals surface area contributed by atoms with Crippen LogP contribution in [0, 0.1) is 0 Å². The molecule has 0 unspecified atom stereocenters. The second-order valence-electron chi connectivity index (χ2n) is 5.29. The Balaban J connectivity index is 1.70. The fraction of sp³-hybridized carbons (Fsp3) is 0.533. The van der Waals surface area contributed by atoms with Crippen molar-refractivity contribution >= 4 is 16.0 Å². The van der Waals surface area contributed by atoms with Gasteiger partial charge in [-0.05, 0) is 43.5 Å². The lowest BCUT2D eigenvalue weighted by molar-refractivity contribution is 0.0169. The van der Waals surface area contributed by atoms with Gasteiger partial charge in [-0.2, -0.15) is 0 Å². The number of sulfonamides is 1. The maximum Gasteiger partial charge on any atom is 0.335 e. The van der Waals surface area contributed by atoms with Crippen LogP contribution in [0.5, 0.6) is 0 Å². The van der Waals surface area contributed by atoms with Crippen LogP contribution in [0.3, 0.4) is 0 Å². The predicted molar refractivity (Wildman–Crippen MR) is 83.0 cm³/mol. The Morgan fingerprint density at radius 1 is 1.35 bits per heavy atom. The van der Waals surface area contributed by atoms with E-state index >= 15 is 0 Å². The summed E-state index contributed by atoms with van der Waals surface area (Å²) in [5, 5.41) is 8.79.